The van der Waals surface area contributed by atoms with E-state index < -0.39 is 5.60 Å². The van der Waals surface area contributed by atoms with E-state index in [4.69, 9.17) is 9.73 Å². The summed E-state index contributed by atoms with van der Waals surface area (Å²) in [6.45, 7) is 11.1. The molecule has 0 atom stereocenters. The molecule has 0 saturated heterocycles. The average Bonchev–Trinajstić information content (AvgIpc) is 2.98. The normalized spacial score (nSPS) is 20.0. The zero-order chi connectivity index (χ0) is 22.1. The van der Waals surface area contributed by atoms with Crippen molar-refractivity contribution in [3.8, 4) is 0 Å². The molecule has 0 aromatic carbocycles. The molecule has 1 aromatic heterocycles. The van der Waals surface area contributed by atoms with Crippen LogP contribution in [-0.4, -0.2) is 51.0 Å². The number of carbonyl (C=O) groups excluding carboxylic acids is 1. The topological polar surface area (TPSA) is 105 Å². The lowest BCUT2D eigenvalue weighted by molar-refractivity contribution is 0.0490. The van der Waals surface area contributed by atoms with Gasteiger partial charge in [-0.05, 0) is 59.8 Å². The van der Waals surface area contributed by atoms with Crippen molar-refractivity contribution >= 4 is 12.1 Å². The number of hydrogen-bond acceptors (Lipinski definition) is 5. The number of aromatic nitrogens is 3. The van der Waals surface area contributed by atoms with Crippen LogP contribution in [0.5, 0.6) is 0 Å². The number of unbranched alkanes of at least 4 members (excludes halogenated alkanes) is 1. The lowest BCUT2D eigenvalue weighted by atomic mass is 9.91. The van der Waals surface area contributed by atoms with Gasteiger partial charge in [-0.1, -0.05) is 13.3 Å². The SMILES string of the molecule is CCCCNC(=NCc1nnc(C)n1C)NC1CCC(NC(=O)OC(C)(C)C)CC1. The van der Waals surface area contributed by atoms with Crippen molar-refractivity contribution < 1.29 is 9.53 Å². The predicted octanol–water partition coefficient (Wildman–Crippen LogP) is 2.79. The molecule has 0 radical (unpaired) electrons. The number of aliphatic imine (C=N–C) groups is 1. The second kappa shape index (κ2) is 11.2. The third kappa shape index (κ3) is 8.20. The first-order valence-corrected chi connectivity index (χ1v) is 11.1. The molecule has 9 nitrogen and oxygen atoms in total. The highest BCUT2D eigenvalue weighted by molar-refractivity contribution is 5.80. The maximum atomic E-state index is 12.0. The first-order valence-electron chi connectivity index (χ1n) is 11.1. The summed E-state index contributed by atoms with van der Waals surface area (Å²) in [7, 11) is 1.96. The molecule has 0 aliphatic heterocycles. The van der Waals surface area contributed by atoms with E-state index in [1.807, 2.05) is 39.3 Å². The van der Waals surface area contributed by atoms with Crippen LogP contribution in [0.2, 0.25) is 0 Å². The molecule has 30 heavy (non-hydrogen) atoms. The van der Waals surface area contributed by atoms with E-state index in [9.17, 15) is 4.79 Å². The van der Waals surface area contributed by atoms with E-state index in [1.165, 1.54) is 0 Å². The third-order valence-electron chi connectivity index (χ3n) is 5.17. The van der Waals surface area contributed by atoms with Gasteiger partial charge in [-0.25, -0.2) is 9.79 Å². The number of guanidine groups is 1. The van der Waals surface area contributed by atoms with Crippen LogP contribution in [0, 0.1) is 6.92 Å². The Morgan fingerprint density at radius 1 is 1.17 bits per heavy atom. The molecule has 0 spiro atoms. The second-order valence-corrected chi connectivity index (χ2v) is 9.01. The smallest absolute Gasteiger partial charge is 0.407 e. The minimum Gasteiger partial charge on any atom is -0.444 e. The van der Waals surface area contributed by atoms with Gasteiger partial charge in [-0.2, -0.15) is 0 Å². The van der Waals surface area contributed by atoms with Crippen LogP contribution in [0.4, 0.5) is 4.79 Å². The molecule has 1 aromatic rings. The fraction of sp³-hybridized carbons (Fsp3) is 0.810. The molecule has 3 N–H and O–H groups in total. The lowest BCUT2D eigenvalue weighted by Gasteiger charge is -2.31. The van der Waals surface area contributed by atoms with Crippen LogP contribution in [0.1, 0.15) is 77.9 Å². The third-order valence-corrected chi connectivity index (χ3v) is 5.17. The Labute approximate surface area is 180 Å². The van der Waals surface area contributed by atoms with Crippen LogP contribution in [0.15, 0.2) is 4.99 Å². The number of carbonyl (C=O) groups is 1. The van der Waals surface area contributed by atoms with Gasteiger partial charge in [0.15, 0.2) is 11.8 Å². The highest BCUT2D eigenvalue weighted by Gasteiger charge is 2.25. The van der Waals surface area contributed by atoms with Gasteiger partial charge in [0.05, 0.1) is 0 Å². The Balaban J connectivity index is 1.86. The molecule has 1 aliphatic rings. The van der Waals surface area contributed by atoms with Crippen LogP contribution in [-0.2, 0) is 18.3 Å². The first kappa shape index (κ1) is 24.0. The van der Waals surface area contributed by atoms with Crippen molar-refractivity contribution in [3.63, 3.8) is 0 Å². The van der Waals surface area contributed by atoms with Gasteiger partial charge in [0.25, 0.3) is 0 Å². The fourth-order valence-corrected chi connectivity index (χ4v) is 3.32. The number of nitrogens with zero attached hydrogens (tertiary/aromatic N) is 4. The van der Waals surface area contributed by atoms with Crippen LogP contribution in [0.25, 0.3) is 0 Å². The van der Waals surface area contributed by atoms with Gasteiger partial charge in [-0.15, -0.1) is 10.2 Å². The number of alkyl carbamates (subject to hydrolysis) is 1. The maximum absolute atomic E-state index is 12.0. The Hall–Kier alpha value is -2.32. The number of ether oxygens (including phenoxy) is 1. The first-order chi connectivity index (χ1) is 14.2. The standard InChI is InChI=1S/C21H39N7O2/c1-7-8-13-22-19(23-14-18-27-26-15(2)28(18)6)24-16-9-11-17(12-10-16)25-20(29)30-21(3,4)5/h16-17H,7-14H2,1-6H3,(H,25,29)(H2,22,23,24). The number of nitrogens with one attached hydrogen (secondary N) is 3. The molecule has 0 bridgehead atoms. The molecule has 0 unspecified atom stereocenters. The van der Waals surface area contributed by atoms with Crippen LogP contribution in [0.3, 0.4) is 0 Å². The quantitative estimate of drug-likeness (QED) is 0.355. The minimum absolute atomic E-state index is 0.160. The Kier molecular flexibility index (Phi) is 8.92. The van der Waals surface area contributed by atoms with Crippen molar-refractivity contribution in [1.29, 1.82) is 0 Å². The molecule has 2 rings (SSSR count). The molecule has 9 heteroatoms. The van der Waals surface area contributed by atoms with Gasteiger partial charge < -0.3 is 25.3 Å². The summed E-state index contributed by atoms with van der Waals surface area (Å²) in [6, 6.07) is 0.490. The van der Waals surface area contributed by atoms with E-state index in [0.717, 1.165) is 62.7 Å². The van der Waals surface area contributed by atoms with Crippen LogP contribution < -0.4 is 16.0 Å². The van der Waals surface area contributed by atoms with Crippen molar-refractivity contribution in [3.05, 3.63) is 11.6 Å². The molecule has 170 valence electrons. The number of rotatable bonds is 7. The monoisotopic (exact) mass is 421 g/mol. The second-order valence-electron chi connectivity index (χ2n) is 9.01. The molecular formula is C21H39N7O2. The lowest BCUT2D eigenvalue weighted by Crippen LogP contribution is -2.48. The highest BCUT2D eigenvalue weighted by Crippen LogP contribution is 2.19. The zero-order valence-electron chi connectivity index (χ0n) is 19.4. The fourth-order valence-electron chi connectivity index (χ4n) is 3.32. The number of aryl methyl sites for hydroxylation is 1. The van der Waals surface area contributed by atoms with Crippen molar-refractivity contribution in [2.45, 2.75) is 97.4 Å². The minimum atomic E-state index is -0.473. The Morgan fingerprint density at radius 2 is 1.80 bits per heavy atom. The summed E-state index contributed by atoms with van der Waals surface area (Å²) in [4.78, 5) is 16.7. The van der Waals surface area contributed by atoms with Crippen molar-refractivity contribution in [2.75, 3.05) is 6.54 Å². The molecule has 1 heterocycles. The Bertz CT molecular complexity index is 701. The molecule has 1 amide bonds. The van der Waals surface area contributed by atoms with E-state index in [1.54, 1.807) is 0 Å². The van der Waals surface area contributed by atoms with Gasteiger partial charge in [0.1, 0.15) is 18.0 Å². The molecule has 1 aliphatic carbocycles. The van der Waals surface area contributed by atoms with Gasteiger partial charge in [0.2, 0.25) is 0 Å². The predicted molar refractivity (Wildman–Crippen MR) is 118 cm³/mol. The summed E-state index contributed by atoms with van der Waals surface area (Å²) in [5.74, 6) is 2.53. The van der Waals surface area contributed by atoms with Gasteiger partial charge in [0, 0.05) is 25.7 Å². The van der Waals surface area contributed by atoms with Crippen molar-refractivity contribution in [2.24, 2.45) is 12.0 Å². The average molecular weight is 422 g/mol. The summed E-state index contributed by atoms with van der Waals surface area (Å²) in [5.41, 5.74) is -0.473. The van der Waals surface area contributed by atoms with E-state index in [2.05, 4.69) is 33.1 Å². The summed E-state index contributed by atoms with van der Waals surface area (Å²) in [6.07, 6.45) is 5.67. The summed E-state index contributed by atoms with van der Waals surface area (Å²) < 4.78 is 7.32. The number of amides is 1. The number of hydrogen-bond donors (Lipinski definition) is 3. The molecule has 1 fully saturated rings. The zero-order valence-corrected chi connectivity index (χ0v) is 19.4. The van der Waals surface area contributed by atoms with Gasteiger partial charge in [-0.3, -0.25) is 0 Å². The van der Waals surface area contributed by atoms with Crippen molar-refractivity contribution in [1.82, 2.24) is 30.7 Å². The summed E-state index contributed by atoms with van der Waals surface area (Å²) >= 11 is 0. The Morgan fingerprint density at radius 3 is 2.33 bits per heavy atom. The van der Waals surface area contributed by atoms with E-state index in [0.29, 0.717) is 12.6 Å². The van der Waals surface area contributed by atoms with Crippen LogP contribution >= 0.6 is 0 Å². The highest BCUT2D eigenvalue weighted by atomic mass is 16.6. The largest absolute Gasteiger partial charge is 0.444 e. The molecular weight excluding hydrogens is 382 g/mol. The van der Waals surface area contributed by atoms with Gasteiger partial charge >= 0.3 is 6.09 Å². The summed E-state index contributed by atoms with van der Waals surface area (Å²) in [5, 5.41) is 18.3. The van der Waals surface area contributed by atoms with E-state index >= 15 is 0 Å². The maximum Gasteiger partial charge on any atom is 0.407 e. The van der Waals surface area contributed by atoms with E-state index in [-0.39, 0.29) is 12.1 Å². The molecule has 1 saturated carbocycles.